The van der Waals surface area contributed by atoms with Gasteiger partial charge in [0.1, 0.15) is 11.0 Å². The molecule has 2 aromatic rings. The van der Waals surface area contributed by atoms with Crippen LogP contribution in [0, 0.1) is 0 Å². The van der Waals surface area contributed by atoms with Crippen LogP contribution in [0.25, 0.3) is 11.0 Å². The van der Waals surface area contributed by atoms with Crippen LogP contribution in [0.1, 0.15) is 26.2 Å². The molecule has 1 aromatic heterocycles. The van der Waals surface area contributed by atoms with Gasteiger partial charge in [-0.1, -0.05) is 16.4 Å². The zero-order chi connectivity index (χ0) is 14.8. The molecule has 0 saturated carbocycles. The Morgan fingerprint density at radius 1 is 1.33 bits per heavy atom. The summed E-state index contributed by atoms with van der Waals surface area (Å²) in [6.07, 6.45) is 2.69. The smallest absolute Gasteiger partial charge is 0.266 e. The van der Waals surface area contributed by atoms with Crippen molar-refractivity contribution in [3.05, 3.63) is 23.2 Å². The third-order valence-corrected chi connectivity index (χ3v) is 3.89. The summed E-state index contributed by atoms with van der Waals surface area (Å²) < 4.78 is 0. The summed E-state index contributed by atoms with van der Waals surface area (Å²) in [7, 11) is 0. The summed E-state index contributed by atoms with van der Waals surface area (Å²) in [6.45, 7) is 3.34. The predicted octanol–water partition coefficient (Wildman–Crippen LogP) is 1.91. The van der Waals surface area contributed by atoms with Crippen molar-refractivity contribution in [1.82, 2.24) is 20.1 Å². The molecule has 0 unspecified atom stereocenters. The molecular weight excluding hydrogens is 292 g/mol. The van der Waals surface area contributed by atoms with Crippen LogP contribution in [0.15, 0.2) is 18.2 Å². The van der Waals surface area contributed by atoms with Crippen molar-refractivity contribution < 1.29 is 9.63 Å². The van der Waals surface area contributed by atoms with Crippen molar-refractivity contribution in [3.63, 3.8) is 0 Å². The van der Waals surface area contributed by atoms with Crippen LogP contribution in [-0.2, 0) is 4.79 Å². The van der Waals surface area contributed by atoms with Gasteiger partial charge >= 0.3 is 0 Å². The summed E-state index contributed by atoms with van der Waals surface area (Å²) in [5.74, 6) is -0.0135. The first kappa shape index (κ1) is 14.1. The summed E-state index contributed by atoms with van der Waals surface area (Å²) in [5, 5.41) is 8.48. The number of piperidine rings is 1. The predicted molar refractivity (Wildman–Crippen MR) is 79.0 cm³/mol. The van der Waals surface area contributed by atoms with E-state index in [0.717, 1.165) is 25.9 Å². The average Bonchev–Trinajstić information content (AvgIpc) is 2.89. The van der Waals surface area contributed by atoms with Gasteiger partial charge in [-0.3, -0.25) is 4.79 Å². The Morgan fingerprint density at radius 2 is 2.10 bits per heavy atom. The molecule has 0 spiro atoms. The molecule has 1 atom stereocenters. The van der Waals surface area contributed by atoms with E-state index in [2.05, 4.69) is 10.3 Å². The lowest BCUT2D eigenvalue weighted by Gasteiger charge is -2.28. The highest BCUT2D eigenvalue weighted by molar-refractivity contribution is 6.31. The van der Waals surface area contributed by atoms with Crippen molar-refractivity contribution >= 4 is 28.5 Å². The second kappa shape index (κ2) is 5.89. The van der Waals surface area contributed by atoms with Gasteiger partial charge in [0.05, 0.1) is 0 Å². The Hall–Kier alpha value is -1.82. The van der Waals surface area contributed by atoms with Gasteiger partial charge in [0.15, 0.2) is 0 Å². The topological polar surface area (TPSA) is 60.2 Å². The minimum absolute atomic E-state index is 0.0135. The third kappa shape index (κ3) is 2.95. The number of amides is 1. The van der Waals surface area contributed by atoms with Crippen LogP contribution in [0.2, 0.25) is 5.02 Å². The summed E-state index contributed by atoms with van der Waals surface area (Å²) in [4.78, 5) is 21.1. The second-order valence-corrected chi connectivity index (χ2v) is 5.67. The average molecular weight is 309 g/mol. The van der Waals surface area contributed by atoms with Gasteiger partial charge in [-0.2, -0.15) is 0 Å². The highest BCUT2D eigenvalue weighted by Crippen LogP contribution is 2.17. The number of hydrogen-bond acceptors (Lipinski definition) is 4. The number of hydrogen-bond donors (Lipinski definition) is 0. The molecule has 1 aromatic carbocycles. The van der Waals surface area contributed by atoms with Gasteiger partial charge in [-0.25, -0.2) is 0 Å². The fraction of sp³-hybridized carbons (Fsp3) is 0.500. The molecule has 7 heteroatoms. The van der Waals surface area contributed by atoms with Gasteiger partial charge in [-0.15, -0.1) is 5.10 Å². The largest absolute Gasteiger partial charge is 0.382 e. The maximum Gasteiger partial charge on any atom is 0.266 e. The van der Waals surface area contributed by atoms with Gasteiger partial charge in [0.25, 0.3) is 5.91 Å². The third-order valence-electron chi connectivity index (χ3n) is 3.65. The van der Waals surface area contributed by atoms with Crippen molar-refractivity contribution in [3.8, 4) is 0 Å². The van der Waals surface area contributed by atoms with E-state index in [1.165, 1.54) is 11.3 Å². The van der Waals surface area contributed by atoms with E-state index in [9.17, 15) is 4.79 Å². The molecule has 2 heterocycles. The second-order valence-electron chi connectivity index (χ2n) is 5.23. The van der Waals surface area contributed by atoms with E-state index >= 15 is 0 Å². The Morgan fingerprint density at radius 3 is 2.86 bits per heavy atom. The number of nitrogens with zero attached hydrogens (tertiary/aromatic N) is 4. The Balaban J connectivity index is 1.74. The summed E-state index contributed by atoms with van der Waals surface area (Å²) in [5.41, 5.74) is 1.33. The standard InChI is InChI=1S/C14H17ClN4O2/c1-10(14(20)18-7-3-2-4-8-18)21-19-13-9-11(15)5-6-12(13)16-17-19/h5-6,9-10H,2-4,7-8H2,1H3/t10-/m1/s1. The molecule has 1 saturated heterocycles. The number of carbonyl (C=O) groups is 1. The van der Waals surface area contributed by atoms with Crippen LogP contribution < -0.4 is 4.84 Å². The molecule has 1 aliphatic rings. The molecule has 0 radical (unpaired) electrons. The minimum Gasteiger partial charge on any atom is -0.382 e. The SMILES string of the molecule is C[C@@H](On1nnc2ccc(Cl)cc21)C(=O)N1CCCCC1. The van der Waals surface area contributed by atoms with Gasteiger partial charge in [-0.05, 0) is 49.6 Å². The molecule has 112 valence electrons. The fourth-order valence-electron chi connectivity index (χ4n) is 2.52. The van der Waals surface area contributed by atoms with E-state index in [4.69, 9.17) is 16.4 Å². The Kier molecular flexibility index (Phi) is 3.96. The monoisotopic (exact) mass is 308 g/mol. The fourth-order valence-corrected chi connectivity index (χ4v) is 2.68. The molecule has 0 bridgehead atoms. The lowest BCUT2D eigenvalue weighted by Crippen LogP contribution is -2.45. The maximum absolute atomic E-state index is 12.3. The normalized spacial score (nSPS) is 17.0. The van der Waals surface area contributed by atoms with Gasteiger partial charge in [0.2, 0.25) is 6.10 Å². The van der Waals surface area contributed by atoms with Gasteiger partial charge in [0, 0.05) is 18.1 Å². The van der Waals surface area contributed by atoms with E-state index in [0.29, 0.717) is 16.1 Å². The first-order valence-electron chi connectivity index (χ1n) is 7.12. The van der Waals surface area contributed by atoms with Crippen molar-refractivity contribution in [1.29, 1.82) is 0 Å². The number of aromatic nitrogens is 3. The van der Waals surface area contributed by atoms with Crippen LogP contribution in [0.3, 0.4) is 0 Å². The molecule has 1 amide bonds. The molecule has 1 fully saturated rings. The molecule has 6 nitrogen and oxygen atoms in total. The number of halogens is 1. The minimum atomic E-state index is -0.605. The molecule has 1 aliphatic heterocycles. The zero-order valence-electron chi connectivity index (χ0n) is 11.8. The van der Waals surface area contributed by atoms with E-state index in [1.807, 2.05) is 4.90 Å². The van der Waals surface area contributed by atoms with Crippen LogP contribution in [-0.4, -0.2) is 45.2 Å². The van der Waals surface area contributed by atoms with E-state index < -0.39 is 6.10 Å². The summed E-state index contributed by atoms with van der Waals surface area (Å²) >= 11 is 5.97. The maximum atomic E-state index is 12.3. The number of rotatable bonds is 3. The number of carbonyl (C=O) groups excluding carboxylic acids is 1. The van der Waals surface area contributed by atoms with E-state index in [1.54, 1.807) is 25.1 Å². The molecular formula is C14H17ClN4O2. The van der Waals surface area contributed by atoms with Crippen LogP contribution in [0.5, 0.6) is 0 Å². The Bertz CT molecular complexity index is 651. The summed E-state index contributed by atoms with van der Waals surface area (Å²) in [6, 6.07) is 5.22. The number of benzene rings is 1. The van der Waals surface area contributed by atoms with Crippen molar-refractivity contribution in [2.75, 3.05) is 13.1 Å². The zero-order valence-corrected chi connectivity index (χ0v) is 12.6. The lowest BCUT2D eigenvalue weighted by atomic mass is 10.1. The molecule has 3 rings (SSSR count). The molecule has 21 heavy (non-hydrogen) atoms. The number of fused-ring (bicyclic) bond motifs is 1. The highest BCUT2D eigenvalue weighted by atomic mass is 35.5. The van der Waals surface area contributed by atoms with E-state index in [-0.39, 0.29) is 5.91 Å². The van der Waals surface area contributed by atoms with Crippen molar-refractivity contribution in [2.24, 2.45) is 0 Å². The van der Waals surface area contributed by atoms with Crippen LogP contribution >= 0.6 is 11.6 Å². The first-order valence-corrected chi connectivity index (χ1v) is 7.50. The van der Waals surface area contributed by atoms with Crippen LogP contribution in [0.4, 0.5) is 0 Å². The van der Waals surface area contributed by atoms with Gasteiger partial charge < -0.3 is 9.74 Å². The lowest BCUT2D eigenvalue weighted by molar-refractivity contribution is -0.144. The molecule has 0 N–H and O–H groups in total. The quantitative estimate of drug-likeness (QED) is 0.869. The first-order chi connectivity index (χ1) is 10.1. The number of likely N-dealkylation sites (tertiary alicyclic amines) is 1. The Labute approximate surface area is 127 Å². The molecule has 0 aliphatic carbocycles. The van der Waals surface area contributed by atoms with Crippen molar-refractivity contribution in [2.45, 2.75) is 32.3 Å². The highest BCUT2D eigenvalue weighted by Gasteiger charge is 2.24.